The number of alkyl carbamates (subject to hydrolysis) is 1. The molecule has 7 heteroatoms. The van der Waals surface area contributed by atoms with Gasteiger partial charge in [-0.2, -0.15) is 0 Å². The van der Waals surface area contributed by atoms with E-state index >= 15 is 0 Å². The number of carbonyl (C=O) groups is 2. The fourth-order valence-electron chi connectivity index (χ4n) is 2.74. The fourth-order valence-corrected chi connectivity index (χ4v) is 3.54. The third-order valence-electron chi connectivity index (χ3n) is 4.10. The Kier molecular flexibility index (Phi) is 4.17. The van der Waals surface area contributed by atoms with Gasteiger partial charge in [-0.05, 0) is 23.1 Å². The number of aliphatic hydroxyl groups is 1. The van der Waals surface area contributed by atoms with Gasteiger partial charge in [0, 0.05) is 36.9 Å². The van der Waals surface area contributed by atoms with Crippen LogP contribution in [-0.2, 0) is 16.1 Å². The highest BCUT2D eigenvalue weighted by molar-refractivity contribution is 7.11. The monoisotopic (exact) mass is 322 g/mol. The number of hydrogen-bond donors (Lipinski definition) is 2. The van der Waals surface area contributed by atoms with Crippen LogP contribution >= 0.6 is 11.3 Å². The molecular formula is C15H18N2O4S. The summed E-state index contributed by atoms with van der Waals surface area (Å²) in [6.45, 7) is 1.72. The van der Waals surface area contributed by atoms with E-state index in [-0.39, 0.29) is 18.6 Å². The Morgan fingerprint density at radius 1 is 1.50 bits per heavy atom. The Balaban J connectivity index is 1.54. The number of aliphatic hydroxyl groups excluding tert-OH is 1. The number of thiophene rings is 1. The van der Waals surface area contributed by atoms with Gasteiger partial charge in [-0.25, -0.2) is 4.79 Å². The summed E-state index contributed by atoms with van der Waals surface area (Å²) < 4.78 is 5.33. The predicted molar refractivity (Wildman–Crippen MR) is 82.3 cm³/mol. The summed E-state index contributed by atoms with van der Waals surface area (Å²) in [7, 11) is 0. The Labute approximate surface area is 132 Å². The van der Waals surface area contributed by atoms with Crippen LogP contribution in [0.15, 0.2) is 17.5 Å². The first kappa shape index (κ1) is 15.1. The SMILES string of the molecule is O=C1NCC2(CCN(C(=O)/C=C/c3cc(CO)cs3)CC2)O1. The molecule has 3 rings (SSSR count). The van der Waals surface area contributed by atoms with Gasteiger partial charge in [0.05, 0.1) is 13.2 Å². The summed E-state index contributed by atoms with van der Waals surface area (Å²) >= 11 is 1.49. The van der Waals surface area contributed by atoms with Crippen LogP contribution < -0.4 is 5.32 Å². The average molecular weight is 322 g/mol. The molecule has 2 amide bonds. The lowest BCUT2D eigenvalue weighted by Crippen LogP contribution is -2.48. The normalized spacial score (nSPS) is 20.4. The van der Waals surface area contributed by atoms with Gasteiger partial charge in [0.2, 0.25) is 5.91 Å². The highest BCUT2D eigenvalue weighted by Crippen LogP contribution is 2.29. The molecule has 118 valence electrons. The predicted octanol–water partition coefficient (Wildman–Crippen LogP) is 1.35. The van der Waals surface area contributed by atoms with Gasteiger partial charge in [0.15, 0.2) is 0 Å². The Hall–Kier alpha value is -1.86. The van der Waals surface area contributed by atoms with E-state index in [2.05, 4.69) is 5.32 Å². The van der Waals surface area contributed by atoms with E-state index in [4.69, 9.17) is 9.84 Å². The molecule has 0 aliphatic carbocycles. The summed E-state index contributed by atoms with van der Waals surface area (Å²) in [6.07, 6.45) is 4.30. The molecule has 0 bridgehead atoms. The zero-order valence-corrected chi connectivity index (χ0v) is 12.9. The molecule has 2 N–H and O–H groups in total. The zero-order chi connectivity index (χ0) is 15.6. The van der Waals surface area contributed by atoms with Crippen LogP contribution in [0, 0.1) is 0 Å². The van der Waals surface area contributed by atoms with Gasteiger partial charge in [-0.3, -0.25) is 4.79 Å². The van der Waals surface area contributed by atoms with Crippen LogP contribution in [0.2, 0.25) is 0 Å². The third kappa shape index (κ3) is 3.15. The van der Waals surface area contributed by atoms with Crippen LogP contribution in [0.4, 0.5) is 4.79 Å². The number of carbonyl (C=O) groups excluding carboxylic acids is 2. The fraction of sp³-hybridized carbons (Fsp3) is 0.467. The number of nitrogens with zero attached hydrogens (tertiary/aromatic N) is 1. The number of ether oxygens (including phenoxy) is 1. The zero-order valence-electron chi connectivity index (χ0n) is 12.1. The Morgan fingerprint density at radius 2 is 2.27 bits per heavy atom. The first-order chi connectivity index (χ1) is 10.6. The summed E-state index contributed by atoms with van der Waals surface area (Å²) in [6, 6.07) is 1.86. The van der Waals surface area contributed by atoms with E-state index in [1.54, 1.807) is 17.1 Å². The van der Waals surface area contributed by atoms with Gasteiger partial charge in [-0.1, -0.05) is 0 Å². The number of piperidine rings is 1. The Bertz CT molecular complexity index is 602. The number of rotatable bonds is 3. The van der Waals surface area contributed by atoms with Crippen molar-refractivity contribution in [1.29, 1.82) is 0 Å². The summed E-state index contributed by atoms with van der Waals surface area (Å²) in [4.78, 5) is 26.1. The lowest BCUT2D eigenvalue weighted by atomic mass is 9.91. The largest absolute Gasteiger partial charge is 0.441 e. The molecule has 1 spiro atoms. The van der Waals surface area contributed by atoms with Gasteiger partial charge in [-0.15, -0.1) is 11.3 Å². The molecule has 6 nitrogen and oxygen atoms in total. The molecule has 2 aliphatic rings. The summed E-state index contributed by atoms with van der Waals surface area (Å²) in [5.74, 6) is -0.0360. The van der Waals surface area contributed by atoms with E-state index in [0.29, 0.717) is 32.5 Å². The van der Waals surface area contributed by atoms with Crippen molar-refractivity contribution in [3.05, 3.63) is 28.0 Å². The maximum atomic E-state index is 12.2. The van der Waals surface area contributed by atoms with Crippen molar-refractivity contribution in [3.8, 4) is 0 Å². The minimum atomic E-state index is -0.429. The van der Waals surface area contributed by atoms with Crippen molar-refractivity contribution >= 4 is 29.4 Å². The molecular weight excluding hydrogens is 304 g/mol. The highest BCUT2D eigenvalue weighted by atomic mass is 32.1. The minimum absolute atomic E-state index is 0.0131. The Morgan fingerprint density at radius 3 is 2.86 bits per heavy atom. The number of amides is 2. The molecule has 0 aromatic carbocycles. The molecule has 0 atom stereocenters. The lowest BCUT2D eigenvalue weighted by molar-refractivity contribution is -0.129. The average Bonchev–Trinajstić information content (AvgIpc) is 3.13. The highest BCUT2D eigenvalue weighted by Gasteiger charge is 2.43. The summed E-state index contributed by atoms with van der Waals surface area (Å²) in [5.41, 5.74) is 0.425. The first-order valence-electron chi connectivity index (χ1n) is 7.22. The van der Waals surface area contributed by atoms with Crippen LogP contribution in [0.25, 0.3) is 6.08 Å². The van der Waals surface area contributed by atoms with Crippen molar-refractivity contribution in [1.82, 2.24) is 10.2 Å². The molecule has 2 saturated heterocycles. The molecule has 0 unspecified atom stereocenters. The first-order valence-corrected chi connectivity index (χ1v) is 8.10. The smallest absolute Gasteiger partial charge is 0.407 e. The molecule has 22 heavy (non-hydrogen) atoms. The van der Waals surface area contributed by atoms with E-state index in [1.165, 1.54) is 11.3 Å². The van der Waals surface area contributed by atoms with Gasteiger partial charge in [0.1, 0.15) is 5.60 Å². The minimum Gasteiger partial charge on any atom is -0.441 e. The molecule has 0 radical (unpaired) electrons. The number of likely N-dealkylation sites (tertiary alicyclic amines) is 1. The maximum absolute atomic E-state index is 12.2. The second-order valence-corrected chi connectivity index (χ2v) is 6.54. The summed E-state index contributed by atoms with van der Waals surface area (Å²) in [5, 5.41) is 13.6. The second kappa shape index (κ2) is 6.10. The van der Waals surface area contributed by atoms with Gasteiger partial charge >= 0.3 is 6.09 Å². The van der Waals surface area contributed by atoms with E-state index < -0.39 is 5.60 Å². The number of nitrogens with one attached hydrogen (secondary N) is 1. The molecule has 2 fully saturated rings. The molecule has 1 aromatic rings. The standard InChI is InChI=1S/C15H18N2O4S/c18-8-11-7-12(22-9-11)1-2-13(19)17-5-3-15(4-6-17)10-16-14(20)21-15/h1-2,7,9,18H,3-6,8,10H2,(H,16,20)/b2-1+. The van der Waals surface area contributed by atoms with E-state index in [0.717, 1.165) is 10.4 Å². The van der Waals surface area contributed by atoms with Crippen LogP contribution in [0.5, 0.6) is 0 Å². The van der Waals surface area contributed by atoms with Crippen molar-refractivity contribution in [2.45, 2.75) is 25.0 Å². The van der Waals surface area contributed by atoms with Crippen molar-refractivity contribution < 1.29 is 19.4 Å². The molecule has 1 aromatic heterocycles. The van der Waals surface area contributed by atoms with Gasteiger partial charge in [0.25, 0.3) is 0 Å². The molecule has 2 aliphatic heterocycles. The molecule has 3 heterocycles. The van der Waals surface area contributed by atoms with Gasteiger partial charge < -0.3 is 20.1 Å². The van der Waals surface area contributed by atoms with E-state index in [1.807, 2.05) is 11.4 Å². The van der Waals surface area contributed by atoms with E-state index in [9.17, 15) is 9.59 Å². The van der Waals surface area contributed by atoms with Crippen LogP contribution in [-0.4, -0.2) is 47.2 Å². The lowest BCUT2D eigenvalue weighted by Gasteiger charge is -2.36. The van der Waals surface area contributed by atoms with Crippen molar-refractivity contribution in [2.75, 3.05) is 19.6 Å². The van der Waals surface area contributed by atoms with Crippen molar-refractivity contribution in [3.63, 3.8) is 0 Å². The maximum Gasteiger partial charge on any atom is 0.407 e. The second-order valence-electron chi connectivity index (χ2n) is 5.60. The van der Waals surface area contributed by atoms with Crippen LogP contribution in [0.3, 0.4) is 0 Å². The quantitative estimate of drug-likeness (QED) is 0.824. The molecule has 0 saturated carbocycles. The van der Waals surface area contributed by atoms with Crippen molar-refractivity contribution in [2.24, 2.45) is 0 Å². The number of hydrogen-bond acceptors (Lipinski definition) is 5. The van der Waals surface area contributed by atoms with Crippen LogP contribution in [0.1, 0.15) is 23.3 Å². The third-order valence-corrected chi connectivity index (χ3v) is 5.04. The topological polar surface area (TPSA) is 78.9 Å².